The summed E-state index contributed by atoms with van der Waals surface area (Å²) in [7, 11) is 0. The second-order valence-corrected chi connectivity index (χ2v) is 5.67. The monoisotopic (exact) mass is 321 g/mol. The Morgan fingerprint density at radius 2 is 1.96 bits per heavy atom. The molecule has 120 valence electrons. The highest BCUT2D eigenvalue weighted by Crippen LogP contribution is 2.26. The minimum Gasteiger partial charge on any atom is -0.325 e. The third-order valence-corrected chi connectivity index (χ3v) is 4.08. The molecule has 0 aliphatic rings. The third-order valence-electron chi connectivity index (χ3n) is 4.08. The van der Waals surface area contributed by atoms with Crippen molar-refractivity contribution in [2.24, 2.45) is 0 Å². The summed E-state index contributed by atoms with van der Waals surface area (Å²) in [5.74, 6) is 1.10. The van der Waals surface area contributed by atoms with E-state index in [0.29, 0.717) is 11.6 Å². The van der Waals surface area contributed by atoms with E-state index in [1.54, 1.807) is 6.07 Å². The van der Waals surface area contributed by atoms with E-state index >= 15 is 0 Å². The lowest BCUT2D eigenvalue weighted by Gasteiger charge is -2.13. The fourth-order valence-electron chi connectivity index (χ4n) is 2.80. The fraction of sp³-hybridized carbons (Fsp3) is 0.167. The van der Waals surface area contributed by atoms with Crippen molar-refractivity contribution in [2.75, 3.05) is 5.32 Å². The molecule has 4 rings (SSSR count). The number of rotatable bonds is 3. The maximum atomic E-state index is 13.6. The van der Waals surface area contributed by atoms with Crippen molar-refractivity contribution in [1.82, 2.24) is 19.6 Å². The number of aromatic nitrogens is 4. The van der Waals surface area contributed by atoms with E-state index in [1.165, 1.54) is 12.1 Å². The van der Waals surface area contributed by atoms with E-state index in [0.717, 1.165) is 34.4 Å². The number of halogens is 1. The predicted octanol–water partition coefficient (Wildman–Crippen LogP) is 4.03. The molecule has 0 spiro atoms. The maximum Gasteiger partial charge on any atom is 0.215 e. The molecule has 0 fully saturated rings. The Kier molecular flexibility index (Phi) is 3.37. The number of hydrogen-bond acceptors (Lipinski definition) is 4. The molecule has 4 aromatic rings. The van der Waals surface area contributed by atoms with E-state index in [4.69, 9.17) is 4.98 Å². The van der Waals surface area contributed by atoms with Gasteiger partial charge in [0.15, 0.2) is 5.65 Å². The highest BCUT2D eigenvalue weighted by atomic mass is 19.1. The lowest BCUT2D eigenvalue weighted by molar-refractivity contribution is 0.628. The van der Waals surface area contributed by atoms with Crippen molar-refractivity contribution in [3.05, 3.63) is 59.7 Å². The Morgan fingerprint density at radius 3 is 2.79 bits per heavy atom. The van der Waals surface area contributed by atoms with Crippen LogP contribution in [0.25, 0.3) is 16.6 Å². The third kappa shape index (κ3) is 2.27. The van der Waals surface area contributed by atoms with E-state index in [9.17, 15) is 4.39 Å². The average Bonchev–Trinajstić information content (AvgIpc) is 3.03. The number of anilines is 2. The van der Waals surface area contributed by atoms with Gasteiger partial charge in [0.2, 0.25) is 5.95 Å². The molecule has 0 saturated carbocycles. The molecule has 0 radical (unpaired) electrons. The first-order chi connectivity index (χ1) is 11.7. The van der Waals surface area contributed by atoms with Gasteiger partial charge < -0.3 is 5.32 Å². The molecule has 1 N–H and O–H groups in total. The number of aryl methyl sites for hydroxylation is 2. The lowest BCUT2D eigenvalue weighted by atomic mass is 10.2. The molecule has 0 unspecified atom stereocenters. The smallest absolute Gasteiger partial charge is 0.215 e. The summed E-state index contributed by atoms with van der Waals surface area (Å²) in [6, 6.07) is 12.4. The van der Waals surface area contributed by atoms with Gasteiger partial charge in [-0.05, 0) is 36.8 Å². The van der Waals surface area contributed by atoms with Crippen molar-refractivity contribution < 1.29 is 4.39 Å². The van der Waals surface area contributed by atoms with Crippen LogP contribution in [0.5, 0.6) is 0 Å². The number of benzene rings is 2. The van der Waals surface area contributed by atoms with Gasteiger partial charge in [-0.2, -0.15) is 0 Å². The highest BCUT2D eigenvalue weighted by molar-refractivity contribution is 5.92. The number of nitrogens with zero attached hydrogens (tertiary/aromatic N) is 4. The first kappa shape index (κ1) is 14.6. The second-order valence-electron chi connectivity index (χ2n) is 5.67. The summed E-state index contributed by atoms with van der Waals surface area (Å²) >= 11 is 0. The van der Waals surface area contributed by atoms with Gasteiger partial charge in [0, 0.05) is 17.5 Å². The van der Waals surface area contributed by atoms with Crippen molar-refractivity contribution >= 4 is 28.2 Å². The Labute approximate surface area is 138 Å². The first-order valence-electron chi connectivity index (χ1n) is 7.83. The van der Waals surface area contributed by atoms with Crippen LogP contribution in [0.15, 0.2) is 42.5 Å². The maximum absolute atomic E-state index is 13.6. The SMILES string of the molecule is CCc1nnc2c3ccccc3nc(Nc3cc(F)ccc3C)n12. The van der Waals surface area contributed by atoms with Crippen LogP contribution >= 0.6 is 0 Å². The van der Waals surface area contributed by atoms with Crippen LogP contribution in [-0.2, 0) is 6.42 Å². The molecule has 2 aromatic carbocycles. The quantitative estimate of drug-likeness (QED) is 0.619. The molecule has 0 bridgehead atoms. The molecular weight excluding hydrogens is 305 g/mol. The second kappa shape index (κ2) is 5.56. The molecule has 24 heavy (non-hydrogen) atoms. The van der Waals surface area contributed by atoms with E-state index in [2.05, 4.69) is 15.5 Å². The molecule has 0 saturated heterocycles. The largest absolute Gasteiger partial charge is 0.325 e. The van der Waals surface area contributed by atoms with Gasteiger partial charge in [-0.25, -0.2) is 13.8 Å². The van der Waals surface area contributed by atoms with Crippen LogP contribution in [0.1, 0.15) is 18.3 Å². The minimum atomic E-state index is -0.292. The van der Waals surface area contributed by atoms with Gasteiger partial charge in [-0.1, -0.05) is 25.1 Å². The Hall–Kier alpha value is -3.02. The summed E-state index contributed by atoms with van der Waals surface area (Å²) in [6.45, 7) is 3.94. The van der Waals surface area contributed by atoms with Crippen LogP contribution in [-0.4, -0.2) is 19.6 Å². The fourth-order valence-corrected chi connectivity index (χ4v) is 2.80. The van der Waals surface area contributed by atoms with Crippen molar-refractivity contribution in [3.63, 3.8) is 0 Å². The number of nitrogens with one attached hydrogen (secondary N) is 1. The summed E-state index contributed by atoms with van der Waals surface area (Å²) < 4.78 is 15.5. The zero-order chi connectivity index (χ0) is 16.7. The Balaban J connectivity index is 1.98. The molecule has 6 heteroatoms. The Morgan fingerprint density at radius 1 is 1.12 bits per heavy atom. The molecule has 0 amide bonds. The zero-order valence-electron chi connectivity index (χ0n) is 13.4. The van der Waals surface area contributed by atoms with Crippen molar-refractivity contribution in [2.45, 2.75) is 20.3 Å². The number of fused-ring (bicyclic) bond motifs is 3. The van der Waals surface area contributed by atoms with Gasteiger partial charge in [0.25, 0.3) is 0 Å². The number of hydrogen-bond donors (Lipinski definition) is 1. The molecular formula is C18H16FN5. The molecule has 0 aliphatic carbocycles. The molecule has 2 aromatic heterocycles. The summed E-state index contributed by atoms with van der Waals surface area (Å²) in [6.07, 6.45) is 0.720. The van der Waals surface area contributed by atoms with Crippen molar-refractivity contribution in [1.29, 1.82) is 0 Å². The topological polar surface area (TPSA) is 55.1 Å². The van der Waals surface area contributed by atoms with Crippen molar-refractivity contribution in [3.8, 4) is 0 Å². The lowest BCUT2D eigenvalue weighted by Crippen LogP contribution is -2.06. The van der Waals surface area contributed by atoms with E-state index < -0.39 is 0 Å². The van der Waals surface area contributed by atoms with Crippen LogP contribution in [0.3, 0.4) is 0 Å². The Bertz CT molecular complexity index is 1050. The van der Waals surface area contributed by atoms with E-state index in [-0.39, 0.29) is 5.82 Å². The molecule has 0 atom stereocenters. The first-order valence-corrected chi connectivity index (χ1v) is 7.83. The van der Waals surface area contributed by atoms with Crippen LogP contribution in [0.2, 0.25) is 0 Å². The minimum absolute atomic E-state index is 0.292. The van der Waals surface area contributed by atoms with Crippen LogP contribution in [0.4, 0.5) is 16.0 Å². The highest BCUT2D eigenvalue weighted by Gasteiger charge is 2.14. The zero-order valence-corrected chi connectivity index (χ0v) is 13.4. The van der Waals surface area contributed by atoms with Gasteiger partial charge in [0.1, 0.15) is 11.6 Å². The van der Waals surface area contributed by atoms with Gasteiger partial charge in [-0.15, -0.1) is 10.2 Å². The average molecular weight is 321 g/mol. The predicted molar refractivity (Wildman–Crippen MR) is 92.1 cm³/mol. The summed E-state index contributed by atoms with van der Waals surface area (Å²) in [5.41, 5.74) is 3.17. The summed E-state index contributed by atoms with van der Waals surface area (Å²) in [5, 5.41) is 12.8. The van der Waals surface area contributed by atoms with Gasteiger partial charge in [-0.3, -0.25) is 0 Å². The molecule has 2 heterocycles. The van der Waals surface area contributed by atoms with E-state index in [1.807, 2.05) is 42.5 Å². The normalized spacial score (nSPS) is 11.3. The van der Waals surface area contributed by atoms with Gasteiger partial charge >= 0.3 is 0 Å². The van der Waals surface area contributed by atoms with Crippen LogP contribution < -0.4 is 5.32 Å². The number of para-hydroxylation sites is 1. The molecule has 5 nitrogen and oxygen atoms in total. The summed E-state index contributed by atoms with van der Waals surface area (Å²) in [4.78, 5) is 4.70. The molecule has 0 aliphatic heterocycles. The standard InChI is InChI=1S/C18H16FN5/c1-3-16-22-23-17-13-6-4-5-7-14(13)20-18(24(16)17)21-15-10-12(19)9-8-11(15)2/h4-10H,3H2,1-2H3,(H,20,21). The van der Waals surface area contributed by atoms with Gasteiger partial charge in [0.05, 0.1) is 5.52 Å². The van der Waals surface area contributed by atoms with Crippen LogP contribution in [0, 0.1) is 12.7 Å².